The fourth-order valence-electron chi connectivity index (χ4n) is 1.12. The van der Waals surface area contributed by atoms with Crippen LogP contribution in [0, 0.1) is 10.1 Å². The number of esters is 1. The van der Waals surface area contributed by atoms with Crippen molar-refractivity contribution in [2.24, 2.45) is 0 Å². The van der Waals surface area contributed by atoms with Gasteiger partial charge in [-0.3, -0.25) is 10.1 Å². The molecule has 0 aliphatic carbocycles. The normalized spacial score (nSPS) is 11.8. The molecule has 0 saturated heterocycles. The number of benzene rings is 1. The average molecular weight is 312 g/mol. The van der Waals surface area contributed by atoms with Crippen molar-refractivity contribution in [2.75, 3.05) is 6.61 Å². The lowest BCUT2D eigenvalue weighted by Gasteiger charge is -2.12. The summed E-state index contributed by atoms with van der Waals surface area (Å²) < 4.78 is 22.3. The number of ether oxygens (including phenoxy) is 2. The highest BCUT2D eigenvalue weighted by molar-refractivity contribution is 6.37. The first-order chi connectivity index (χ1) is 8.86. The van der Waals surface area contributed by atoms with Gasteiger partial charge >= 0.3 is 12.3 Å². The average Bonchev–Trinajstić information content (AvgIpc) is 2.33. The molecule has 9 heteroatoms. The lowest BCUT2D eigenvalue weighted by Crippen LogP contribution is -2.25. The van der Waals surface area contributed by atoms with E-state index in [1.165, 1.54) is 6.92 Å². The summed E-state index contributed by atoms with van der Waals surface area (Å²) in [6, 6.07) is 1.86. The summed E-state index contributed by atoms with van der Waals surface area (Å²) in [6.45, 7) is 1.47. The van der Waals surface area contributed by atoms with Crippen LogP contribution in [0.15, 0.2) is 12.1 Å². The Hall–Kier alpha value is -1.60. The van der Waals surface area contributed by atoms with Crippen LogP contribution >= 0.6 is 23.2 Å². The molecule has 1 aromatic rings. The molecule has 0 fully saturated rings. The van der Waals surface area contributed by atoms with Gasteiger partial charge in [-0.1, -0.05) is 23.2 Å². The van der Waals surface area contributed by atoms with E-state index >= 15 is 0 Å². The van der Waals surface area contributed by atoms with E-state index in [4.69, 9.17) is 23.2 Å². The van der Waals surface area contributed by atoms with Gasteiger partial charge < -0.3 is 9.47 Å². The Kier molecular flexibility index (Phi) is 5.31. The zero-order valence-electron chi connectivity index (χ0n) is 9.56. The minimum atomic E-state index is -2.42. The lowest BCUT2D eigenvalue weighted by molar-refractivity contribution is -0.384. The lowest BCUT2D eigenvalue weighted by atomic mass is 10.3. The number of alkyl halides is 1. The molecule has 0 aromatic heterocycles. The van der Waals surface area contributed by atoms with Gasteiger partial charge in [-0.2, -0.15) is 4.39 Å². The maximum absolute atomic E-state index is 13.3. The summed E-state index contributed by atoms with van der Waals surface area (Å²) in [5, 5.41) is 9.96. The second-order valence-electron chi connectivity index (χ2n) is 3.18. The number of nitro benzene ring substituents is 1. The summed E-state index contributed by atoms with van der Waals surface area (Å²) in [5.41, 5.74) is -0.381. The molecule has 19 heavy (non-hydrogen) atoms. The summed E-state index contributed by atoms with van der Waals surface area (Å²) in [6.07, 6.45) is -2.42. The summed E-state index contributed by atoms with van der Waals surface area (Å²) in [5.74, 6) is -1.61. The molecule has 0 radical (unpaired) electrons. The standard InChI is InChI=1S/C10H8Cl2FNO5/c1-2-18-10(15)9(13)19-8-6(11)3-5(14(16)17)4-7(8)12/h3-4,9H,2H2,1H3. The van der Waals surface area contributed by atoms with Gasteiger partial charge in [0.2, 0.25) is 0 Å². The molecule has 0 heterocycles. The first-order valence-electron chi connectivity index (χ1n) is 4.97. The smallest absolute Gasteiger partial charge is 0.381 e. The molecule has 0 amide bonds. The molecule has 104 valence electrons. The molecule has 0 N–H and O–H groups in total. The molecular weight excluding hydrogens is 304 g/mol. The highest BCUT2D eigenvalue weighted by Gasteiger charge is 2.24. The third-order valence-corrected chi connectivity index (χ3v) is 2.45. The molecular formula is C10H8Cl2FNO5. The van der Waals surface area contributed by atoms with Crippen LogP contribution in [-0.4, -0.2) is 23.9 Å². The Morgan fingerprint density at radius 2 is 2.00 bits per heavy atom. The number of nitro groups is 1. The van der Waals surface area contributed by atoms with Gasteiger partial charge in [0.25, 0.3) is 5.69 Å². The van der Waals surface area contributed by atoms with Gasteiger partial charge in [0.15, 0.2) is 5.75 Å². The van der Waals surface area contributed by atoms with Crippen molar-refractivity contribution in [1.29, 1.82) is 0 Å². The number of nitrogens with zero attached hydrogens (tertiary/aromatic N) is 1. The number of hydrogen-bond acceptors (Lipinski definition) is 5. The number of hydrogen-bond donors (Lipinski definition) is 0. The van der Waals surface area contributed by atoms with Crippen LogP contribution in [0.2, 0.25) is 10.0 Å². The minimum Gasteiger partial charge on any atom is -0.461 e. The van der Waals surface area contributed by atoms with Crippen LogP contribution in [0.4, 0.5) is 10.1 Å². The van der Waals surface area contributed by atoms with Crippen molar-refractivity contribution in [1.82, 2.24) is 0 Å². The number of halogens is 3. The third-order valence-electron chi connectivity index (χ3n) is 1.89. The Morgan fingerprint density at radius 3 is 2.42 bits per heavy atom. The Balaban J connectivity index is 2.96. The maximum atomic E-state index is 13.3. The van der Waals surface area contributed by atoms with Gasteiger partial charge in [-0.05, 0) is 6.92 Å². The van der Waals surface area contributed by atoms with E-state index in [1.54, 1.807) is 0 Å². The molecule has 1 aromatic carbocycles. The summed E-state index contributed by atoms with van der Waals surface area (Å²) >= 11 is 11.3. The Labute approximate surface area is 117 Å². The van der Waals surface area contributed by atoms with E-state index in [-0.39, 0.29) is 28.1 Å². The molecule has 0 aliphatic heterocycles. The number of carbonyl (C=O) groups is 1. The second-order valence-corrected chi connectivity index (χ2v) is 4.00. The SMILES string of the molecule is CCOC(=O)C(F)Oc1c(Cl)cc([N+](=O)[O-])cc1Cl. The second kappa shape index (κ2) is 6.53. The molecule has 0 aliphatic rings. The van der Waals surface area contributed by atoms with E-state index in [9.17, 15) is 19.3 Å². The van der Waals surface area contributed by atoms with E-state index in [1.807, 2.05) is 0 Å². The maximum Gasteiger partial charge on any atom is 0.381 e. The van der Waals surface area contributed by atoms with Crippen LogP contribution in [-0.2, 0) is 9.53 Å². The fourth-order valence-corrected chi connectivity index (χ4v) is 1.69. The van der Waals surface area contributed by atoms with E-state index < -0.39 is 17.3 Å². The van der Waals surface area contributed by atoms with E-state index in [0.29, 0.717) is 0 Å². The highest BCUT2D eigenvalue weighted by atomic mass is 35.5. The van der Waals surface area contributed by atoms with Gasteiger partial charge in [0, 0.05) is 12.1 Å². The van der Waals surface area contributed by atoms with Crippen LogP contribution in [0.3, 0.4) is 0 Å². The van der Waals surface area contributed by atoms with E-state index in [0.717, 1.165) is 12.1 Å². The molecule has 1 unspecified atom stereocenters. The fraction of sp³-hybridized carbons (Fsp3) is 0.300. The van der Waals surface area contributed by atoms with Crippen LogP contribution in [0.1, 0.15) is 6.92 Å². The Morgan fingerprint density at radius 1 is 1.47 bits per heavy atom. The zero-order valence-corrected chi connectivity index (χ0v) is 11.1. The van der Waals surface area contributed by atoms with Crippen molar-refractivity contribution >= 4 is 34.9 Å². The van der Waals surface area contributed by atoms with Crippen molar-refractivity contribution in [2.45, 2.75) is 13.3 Å². The number of carbonyl (C=O) groups excluding carboxylic acids is 1. The largest absolute Gasteiger partial charge is 0.461 e. The summed E-state index contributed by atoms with van der Waals surface area (Å²) in [7, 11) is 0. The van der Waals surface area contributed by atoms with Crippen molar-refractivity contribution in [3.63, 3.8) is 0 Å². The van der Waals surface area contributed by atoms with Crippen LogP contribution in [0.5, 0.6) is 5.75 Å². The molecule has 1 rings (SSSR count). The monoisotopic (exact) mass is 311 g/mol. The number of rotatable bonds is 5. The predicted octanol–water partition coefficient (Wildman–Crippen LogP) is 3.14. The predicted molar refractivity (Wildman–Crippen MR) is 65.3 cm³/mol. The van der Waals surface area contributed by atoms with Crippen molar-refractivity contribution in [3.05, 3.63) is 32.3 Å². The summed E-state index contributed by atoms with van der Waals surface area (Å²) in [4.78, 5) is 20.8. The zero-order chi connectivity index (χ0) is 14.6. The Bertz CT molecular complexity index is 488. The first-order valence-corrected chi connectivity index (χ1v) is 5.73. The van der Waals surface area contributed by atoms with E-state index in [2.05, 4.69) is 9.47 Å². The quantitative estimate of drug-likeness (QED) is 0.474. The van der Waals surface area contributed by atoms with Crippen molar-refractivity contribution < 1.29 is 23.6 Å². The van der Waals surface area contributed by atoms with Crippen LogP contribution < -0.4 is 4.74 Å². The molecule has 6 nitrogen and oxygen atoms in total. The van der Waals surface area contributed by atoms with Gasteiger partial charge in [-0.25, -0.2) is 4.79 Å². The first kappa shape index (κ1) is 15.5. The van der Waals surface area contributed by atoms with Crippen molar-refractivity contribution in [3.8, 4) is 5.75 Å². The van der Waals surface area contributed by atoms with Gasteiger partial charge in [-0.15, -0.1) is 0 Å². The van der Waals surface area contributed by atoms with Gasteiger partial charge in [0.1, 0.15) is 0 Å². The van der Waals surface area contributed by atoms with Crippen LogP contribution in [0.25, 0.3) is 0 Å². The minimum absolute atomic E-state index is 0.0235. The highest BCUT2D eigenvalue weighted by Crippen LogP contribution is 2.37. The molecule has 0 spiro atoms. The topological polar surface area (TPSA) is 78.7 Å². The van der Waals surface area contributed by atoms with Gasteiger partial charge in [0.05, 0.1) is 21.6 Å². The molecule has 0 bridgehead atoms. The third kappa shape index (κ3) is 3.93. The number of non-ortho nitro benzene ring substituents is 1. The molecule has 1 atom stereocenters. The molecule has 0 saturated carbocycles.